The van der Waals surface area contributed by atoms with Crippen LogP contribution >= 0.6 is 0 Å². The van der Waals surface area contributed by atoms with Gasteiger partial charge in [0.15, 0.2) is 0 Å². The van der Waals surface area contributed by atoms with Gasteiger partial charge in [0, 0.05) is 40.5 Å². The molecule has 0 atom stereocenters. The number of imidazole rings is 1. The van der Waals surface area contributed by atoms with E-state index in [1.54, 1.807) is 0 Å². The summed E-state index contributed by atoms with van der Waals surface area (Å²) in [7, 11) is 2.10. The summed E-state index contributed by atoms with van der Waals surface area (Å²) in [4.78, 5) is 8.96. The minimum atomic E-state index is -0.146. The molecular weight excluding hydrogens is 757 g/mol. The van der Waals surface area contributed by atoms with Crippen molar-refractivity contribution in [2.24, 2.45) is 0 Å². The van der Waals surface area contributed by atoms with Gasteiger partial charge in [0.05, 0.1) is 5.82 Å². The van der Waals surface area contributed by atoms with E-state index in [1.807, 2.05) is 48.8 Å². The molecule has 0 saturated heterocycles. The summed E-state index contributed by atoms with van der Waals surface area (Å²) < 4.78 is 8.36. The molecule has 0 amide bonds. The molecule has 0 radical (unpaired) electrons. The number of aromatic nitrogens is 2. The van der Waals surface area contributed by atoms with E-state index in [0.717, 1.165) is 33.6 Å². The van der Waals surface area contributed by atoms with Crippen molar-refractivity contribution < 1.29 is 24.5 Å². The Kier molecular flexibility index (Phi) is 7.82. The van der Waals surface area contributed by atoms with Gasteiger partial charge in [-0.1, -0.05) is 81.2 Å². The van der Waals surface area contributed by atoms with Crippen molar-refractivity contribution in [3.8, 4) is 17.1 Å². The van der Waals surface area contributed by atoms with Gasteiger partial charge < -0.3 is 18.8 Å². The number of furan rings is 1. The fourth-order valence-electron chi connectivity index (χ4n) is 7.10. The average molecular weight is 792 g/mol. The van der Waals surface area contributed by atoms with Gasteiger partial charge in [0.25, 0.3) is 0 Å². The number of anilines is 3. The fourth-order valence-corrected chi connectivity index (χ4v) is 7.10. The molecule has 5 nitrogen and oxygen atoms in total. The molecule has 234 valence electrons. The molecular formula is C41H35IrN4O. The Morgan fingerprint density at radius 1 is 0.787 bits per heavy atom. The second kappa shape index (κ2) is 11.9. The molecule has 0 aliphatic carbocycles. The Morgan fingerprint density at radius 2 is 1.53 bits per heavy atom. The molecule has 0 N–H and O–H groups in total. The van der Waals surface area contributed by atoms with Crippen LogP contribution in [-0.4, -0.2) is 16.6 Å². The molecule has 0 saturated carbocycles. The third-order valence-corrected chi connectivity index (χ3v) is 9.35. The average Bonchev–Trinajstić information content (AvgIpc) is 3.80. The number of benzene rings is 5. The summed E-state index contributed by atoms with van der Waals surface area (Å²) in [5.41, 5.74) is 11.4. The second-order valence-corrected chi connectivity index (χ2v) is 12.9. The standard InChI is InChI=1S/C23H18N2O.C18H17N2.Ir/c1-23(2)14-7-5-11-18-20(14)21-16(9-6-12-19(21)26-18)25-13-24(3)17-10-4-8-15(23)22(17)25;1-14(2)16-10-6-7-11-17(16)20-13-12-19-18(20)15-8-4-3-5-9-15;/h4-8,10-13H,1-3H3;3-8,10-14H,1-2H3;/q-2;-1;+3. The maximum atomic E-state index is 6.22. The van der Waals surface area contributed by atoms with Crippen LogP contribution in [0.4, 0.5) is 17.1 Å². The van der Waals surface area contributed by atoms with E-state index in [9.17, 15) is 0 Å². The van der Waals surface area contributed by atoms with Crippen molar-refractivity contribution >= 4 is 39.0 Å². The molecule has 5 aromatic carbocycles. The van der Waals surface area contributed by atoms with Crippen LogP contribution in [0.1, 0.15) is 50.3 Å². The van der Waals surface area contributed by atoms with Crippen molar-refractivity contribution in [1.29, 1.82) is 0 Å². The molecule has 0 fully saturated rings. The molecule has 2 aromatic heterocycles. The van der Waals surface area contributed by atoms with Gasteiger partial charge in [0.2, 0.25) is 0 Å². The van der Waals surface area contributed by atoms with Crippen molar-refractivity contribution in [3.63, 3.8) is 0 Å². The molecule has 0 spiro atoms. The summed E-state index contributed by atoms with van der Waals surface area (Å²) in [5.74, 6) is 1.40. The van der Waals surface area contributed by atoms with E-state index >= 15 is 0 Å². The molecule has 2 aliphatic heterocycles. The summed E-state index contributed by atoms with van der Waals surface area (Å²) in [6.07, 6.45) is 3.85. The van der Waals surface area contributed by atoms with Gasteiger partial charge in [-0.15, -0.1) is 42.0 Å². The number of hydrogen-bond acceptors (Lipinski definition) is 4. The maximum absolute atomic E-state index is 6.22. The minimum Gasteiger partial charge on any atom is -0.504 e. The second-order valence-electron chi connectivity index (χ2n) is 12.9. The Labute approximate surface area is 289 Å². The predicted octanol–water partition coefficient (Wildman–Crippen LogP) is 10.2. The molecule has 0 bridgehead atoms. The fraction of sp³-hybridized carbons (Fsp3) is 0.171. The first kappa shape index (κ1) is 31.0. The summed E-state index contributed by atoms with van der Waals surface area (Å²) in [6.45, 7) is 11.2. The van der Waals surface area contributed by atoms with E-state index in [0.29, 0.717) is 5.92 Å². The van der Waals surface area contributed by atoms with Crippen LogP contribution in [0.3, 0.4) is 0 Å². The van der Waals surface area contributed by atoms with E-state index in [4.69, 9.17) is 4.42 Å². The monoisotopic (exact) mass is 792 g/mol. The van der Waals surface area contributed by atoms with Gasteiger partial charge in [-0.3, -0.25) is 4.98 Å². The molecule has 47 heavy (non-hydrogen) atoms. The Hall–Kier alpha value is -4.64. The first-order valence-electron chi connectivity index (χ1n) is 15.8. The SMILES string of the molecule is CC(C)c1ccccc1-n1ccnc1-c1[c-]cccc1.CN1[CH-]N2c3c1cccc3C(C)(C)c1cccc3oc4cc[c-]c2c4c13.[Ir+3]. The third kappa shape index (κ3) is 4.90. The van der Waals surface area contributed by atoms with E-state index in [-0.39, 0.29) is 25.5 Å². The first-order valence-corrected chi connectivity index (χ1v) is 15.8. The van der Waals surface area contributed by atoms with Gasteiger partial charge in [0.1, 0.15) is 5.58 Å². The van der Waals surface area contributed by atoms with Gasteiger partial charge in [-0.05, 0) is 53.2 Å². The molecule has 2 aliphatic rings. The van der Waals surface area contributed by atoms with Crippen LogP contribution in [0.2, 0.25) is 0 Å². The largest absolute Gasteiger partial charge is 3.00 e. The number of hydrogen-bond donors (Lipinski definition) is 0. The van der Waals surface area contributed by atoms with Crippen LogP contribution in [0.25, 0.3) is 39.0 Å². The zero-order valence-corrected chi connectivity index (χ0v) is 29.5. The van der Waals surface area contributed by atoms with E-state index in [1.165, 1.54) is 39.1 Å². The first-order chi connectivity index (χ1) is 22.3. The minimum absolute atomic E-state index is 0. The smallest absolute Gasteiger partial charge is 0.504 e. The topological polar surface area (TPSA) is 37.4 Å². The zero-order valence-electron chi connectivity index (χ0n) is 27.1. The van der Waals surface area contributed by atoms with Crippen LogP contribution in [0, 0.1) is 18.8 Å². The number of rotatable bonds is 3. The van der Waals surface area contributed by atoms with Crippen molar-refractivity contribution in [2.75, 3.05) is 16.8 Å². The van der Waals surface area contributed by atoms with Gasteiger partial charge >= 0.3 is 20.1 Å². The molecule has 9 rings (SSSR count). The Bertz CT molecular complexity index is 2230. The molecule has 0 unspecified atom stereocenters. The van der Waals surface area contributed by atoms with Crippen molar-refractivity contribution in [3.05, 3.63) is 145 Å². The Balaban J connectivity index is 0.000000152. The van der Waals surface area contributed by atoms with Crippen LogP contribution in [-0.2, 0) is 25.5 Å². The van der Waals surface area contributed by atoms with E-state index < -0.39 is 0 Å². The predicted molar refractivity (Wildman–Crippen MR) is 188 cm³/mol. The molecule has 6 heteroatoms. The number of nitrogens with zero attached hydrogens (tertiary/aromatic N) is 4. The summed E-state index contributed by atoms with van der Waals surface area (Å²) in [6, 6.07) is 40.1. The van der Waals surface area contributed by atoms with E-state index in [2.05, 4.69) is 134 Å². The van der Waals surface area contributed by atoms with Crippen LogP contribution < -0.4 is 9.80 Å². The van der Waals surface area contributed by atoms with Crippen molar-refractivity contribution in [1.82, 2.24) is 9.55 Å². The van der Waals surface area contributed by atoms with Gasteiger partial charge in [-0.2, -0.15) is 18.8 Å². The maximum Gasteiger partial charge on any atom is 3.00 e. The number of para-hydroxylation sites is 2. The Morgan fingerprint density at radius 3 is 2.34 bits per heavy atom. The van der Waals surface area contributed by atoms with Crippen LogP contribution in [0.15, 0.2) is 114 Å². The van der Waals surface area contributed by atoms with Crippen LogP contribution in [0.5, 0.6) is 0 Å². The molecule has 4 heterocycles. The normalized spacial score (nSPS) is 14.1. The summed E-state index contributed by atoms with van der Waals surface area (Å²) >= 11 is 0. The zero-order chi connectivity index (χ0) is 31.6. The quantitative estimate of drug-likeness (QED) is 0.167. The molecule has 7 aromatic rings. The van der Waals surface area contributed by atoms with Crippen molar-refractivity contribution in [2.45, 2.75) is 39.0 Å². The number of fused-ring (bicyclic) bond motifs is 1. The summed E-state index contributed by atoms with van der Waals surface area (Å²) in [5, 5.41) is 2.36. The third-order valence-electron chi connectivity index (χ3n) is 9.35. The van der Waals surface area contributed by atoms with Gasteiger partial charge in [-0.25, -0.2) is 0 Å².